The molecule has 0 aliphatic carbocycles. The molecule has 1 heterocycles. The zero-order valence-corrected chi connectivity index (χ0v) is 17.2. The Hall–Kier alpha value is -1.87. The van der Waals surface area contributed by atoms with Gasteiger partial charge in [-0.15, -0.1) is 11.3 Å². The van der Waals surface area contributed by atoms with Gasteiger partial charge in [0.25, 0.3) is 0 Å². The predicted molar refractivity (Wildman–Crippen MR) is 106 cm³/mol. The van der Waals surface area contributed by atoms with E-state index in [4.69, 9.17) is 27.9 Å². The number of thiazole rings is 1. The van der Waals surface area contributed by atoms with E-state index in [1.807, 2.05) is 0 Å². The molecule has 0 saturated heterocycles. The third kappa shape index (κ3) is 6.35. The van der Waals surface area contributed by atoms with Gasteiger partial charge in [0.1, 0.15) is 5.01 Å². The third-order valence-corrected chi connectivity index (χ3v) is 4.89. The Kier molecular flexibility index (Phi) is 8.30. The lowest BCUT2D eigenvalue weighted by Gasteiger charge is -2.22. The first-order valence-electron chi connectivity index (χ1n) is 7.97. The molecule has 0 unspecified atom stereocenters. The maximum absolute atomic E-state index is 12.7. The molecule has 0 radical (unpaired) electrons. The fraction of sp³-hybridized carbons (Fsp3) is 0.353. The van der Waals surface area contributed by atoms with Crippen molar-refractivity contribution >= 4 is 52.2 Å². The van der Waals surface area contributed by atoms with Crippen molar-refractivity contribution in [2.75, 3.05) is 32.7 Å². The highest BCUT2D eigenvalue weighted by molar-refractivity contribution is 7.09. The summed E-state index contributed by atoms with van der Waals surface area (Å²) in [6, 6.07) is 4.48. The van der Waals surface area contributed by atoms with E-state index in [0.29, 0.717) is 40.3 Å². The van der Waals surface area contributed by atoms with Crippen molar-refractivity contribution in [2.45, 2.75) is 13.0 Å². The number of carbonyl (C=O) groups is 2. The largest absolute Gasteiger partial charge is 0.464 e. The van der Waals surface area contributed by atoms with Crippen molar-refractivity contribution in [3.63, 3.8) is 0 Å². The first-order valence-corrected chi connectivity index (χ1v) is 9.60. The average Bonchev–Trinajstić information content (AvgIpc) is 3.11. The molecule has 0 aliphatic rings. The van der Waals surface area contributed by atoms with E-state index in [2.05, 4.69) is 15.0 Å². The molecule has 0 aliphatic heterocycles. The van der Waals surface area contributed by atoms with Gasteiger partial charge in [0, 0.05) is 30.7 Å². The summed E-state index contributed by atoms with van der Waals surface area (Å²) >= 11 is 13.3. The normalized spacial score (nSPS) is 10.5. The molecule has 10 heteroatoms. The molecule has 0 spiro atoms. The van der Waals surface area contributed by atoms with Crippen LogP contribution in [0.5, 0.6) is 0 Å². The molecule has 2 aromatic rings. The standard InChI is InChI=1S/C17H19Cl2N3O4S/c1-25-7-3-6-22(9-15-20-14(10-27-15)16(23)26-2)17(24)21-13-5-4-11(18)8-12(13)19/h4-5,8,10H,3,6-7,9H2,1-2H3,(H,21,24). The highest BCUT2D eigenvalue weighted by atomic mass is 35.5. The average molecular weight is 432 g/mol. The number of carbonyl (C=O) groups excluding carboxylic acids is 2. The van der Waals surface area contributed by atoms with E-state index < -0.39 is 5.97 Å². The Bertz CT molecular complexity index is 800. The number of hydrogen-bond donors (Lipinski definition) is 1. The highest BCUT2D eigenvalue weighted by Gasteiger charge is 2.18. The van der Waals surface area contributed by atoms with E-state index in [9.17, 15) is 9.59 Å². The lowest BCUT2D eigenvalue weighted by atomic mass is 10.3. The highest BCUT2D eigenvalue weighted by Crippen LogP contribution is 2.26. The molecule has 0 atom stereocenters. The van der Waals surface area contributed by atoms with Gasteiger partial charge in [-0.05, 0) is 24.6 Å². The van der Waals surface area contributed by atoms with Gasteiger partial charge in [-0.3, -0.25) is 0 Å². The summed E-state index contributed by atoms with van der Waals surface area (Å²) in [6.45, 7) is 1.19. The summed E-state index contributed by atoms with van der Waals surface area (Å²) in [5, 5.41) is 5.80. The van der Waals surface area contributed by atoms with Crippen molar-refractivity contribution in [1.29, 1.82) is 0 Å². The summed E-state index contributed by atoms with van der Waals surface area (Å²) in [7, 11) is 2.89. The number of anilines is 1. The van der Waals surface area contributed by atoms with E-state index in [0.717, 1.165) is 0 Å². The number of benzene rings is 1. The first-order chi connectivity index (χ1) is 12.9. The molecule has 1 aromatic heterocycles. The number of nitrogens with one attached hydrogen (secondary N) is 1. The summed E-state index contributed by atoms with van der Waals surface area (Å²) in [4.78, 5) is 30.1. The molecule has 146 valence electrons. The Labute approximate surface area is 171 Å². The number of ether oxygens (including phenoxy) is 2. The van der Waals surface area contributed by atoms with E-state index in [-0.39, 0.29) is 18.3 Å². The van der Waals surface area contributed by atoms with Crippen LogP contribution in [0.15, 0.2) is 23.6 Å². The number of aromatic nitrogens is 1. The van der Waals surface area contributed by atoms with Crippen molar-refractivity contribution in [3.8, 4) is 0 Å². The number of rotatable bonds is 8. The number of hydrogen-bond acceptors (Lipinski definition) is 6. The van der Waals surface area contributed by atoms with Crippen LogP contribution in [0.2, 0.25) is 10.0 Å². The van der Waals surface area contributed by atoms with Gasteiger partial charge < -0.3 is 19.7 Å². The summed E-state index contributed by atoms with van der Waals surface area (Å²) in [6.07, 6.45) is 0.646. The first kappa shape index (κ1) is 21.4. The van der Waals surface area contributed by atoms with E-state index in [1.54, 1.807) is 35.6 Å². The molecule has 1 N–H and O–H groups in total. The van der Waals surface area contributed by atoms with Crippen LogP contribution in [0.3, 0.4) is 0 Å². The molecule has 0 bridgehead atoms. The van der Waals surface area contributed by atoms with Crippen LogP contribution < -0.4 is 5.32 Å². The van der Waals surface area contributed by atoms with Crippen LogP contribution in [0.4, 0.5) is 10.5 Å². The molecular formula is C17H19Cl2N3O4S. The Morgan fingerprint density at radius 3 is 2.74 bits per heavy atom. The summed E-state index contributed by atoms with van der Waals surface area (Å²) < 4.78 is 9.71. The number of urea groups is 1. The Balaban J connectivity index is 2.11. The molecular weight excluding hydrogens is 413 g/mol. The van der Waals surface area contributed by atoms with Gasteiger partial charge in [-0.1, -0.05) is 23.2 Å². The minimum absolute atomic E-state index is 0.218. The number of halogens is 2. The molecule has 27 heavy (non-hydrogen) atoms. The van der Waals surface area contributed by atoms with Crippen LogP contribution in [0, 0.1) is 0 Å². The maximum atomic E-state index is 12.7. The fourth-order valence-electron chi connectivity index (χ4n) is 2.18. The molecule has 7 nitrogen and oxygen atoms in total. The Morgan fingerprint density at radius 1 is 1.30 bits per heavy atom. The van der Waals surface area contributed by atoms with Gasteiger partial charge in [0.05, 0.1) is 24.4 Å². The second-order valence-corrected chi connectivity index (χ2v) is 7.23. The molecule has 0 saturated carbocycles. The number of nitrogens with zero attached hydrogens (tertiary/aromatic N) is 2. The molecule has 2 rings (SSSR count). The number of amides is 2. The molecule has 1 aromatic carbocycles. The number of methoxy groups -OCH3 is 2. The van der Waals surface area contributed by atoms with Gasteiger partial charge >= 0.3 is 12.0 Å². The van der Waals surface area contributed by atoms with Crippen LogP contribution in [0.1, 0.15) is 21.9 Å². The zero-order valence-electron chi connectivity index (χ0n) is 14.8. The van der Waals surface area contributed by atoms with Gasteiger partial charge in [0.2, 0.25) is 0 Å². The SMILES string of the molecule is COCCCN(Cc1nc(C(=O)OC)cs1)C(=O)Nc1ccc(Cl)cc1Cl. The van der Waals surface area contributed by atoms with E-state index in [1.165, 1.54) is 18.4 Å². The lowest BCUT2D eigenvalue weighted by molar-refractivity contribution is 0.0594. The molecule has 0 fully saturated rings. The topological polar surface area (TPSA) is 80.8 Å². The fourth-order valence-corrected chi connectivity index (χ4v) is 3.42. The van der Waals surface area contributed by atoms with Gasteiger partial charge in [-0.25, -0.2) is 14.6 Å². The molecule has 2 amide bonds. The monoisotopic (exact) mass is 431 g/mol. The minimum atomic E-state index is -0.513. The van der Waals surface area contributed by atoms with Crippen LogP contribution >= 0.6 is 34.5 Å². The van der Waals surface area contributed by atoms with Crippen LogP contribution in [-0.2, 0) is 16.0 Å². The van der Waals surface area contributed by atoms with E-state index >= 15 is 0 Å². The quantitative estimate of drug-likeness (QED) is 0.497. The lowest BCUT2D eigenvalue weighted by Crippen LogP contribution is -2.35. The van der Waals surface area contributed by atoms with Crippen LogP contribution in [0.25, 0.3) is 0 Å². The minimum Gasteiger partial charge on any atom is -0.464 e. The summed E-state index contributed by atoms with van der Waals surface area (Å²) in [5.74, 6) is -0.513. The van der Waals surface area contributed by atoms with Crippen molar-refractivity contribution in [2.24, 2.45) is 0 Å². The zero-order chi connectivity index (χ0) is 19.8. The van der Waals surface area contributed by atoms with Crippen LogP contribution in [-0.4, -0.2) is 49.3 Å². The second kappa shape index (κ2) is 10.5. The Morgan fingerprint density at radius 2 is 2.07 bits per heavy atom. The smallest absolute Gasteiger partial charge is 0.357 e. The maximum Gasteiger partial charge on any atom is 0.357 e. The third-order valence-electron chi connectivity index (χ3n) is 3.51. The summed E-state index contributed by atoms with van der Waals surface area (Å²) in [5.41, 5.74) is 0.674. The number of esters is 1. The van der Waals surface area contributed by atoms with Crippen molar-refractivity contribution in [1.82, 2.24) is 9.88 Å². The van der Waals surface area contributed by atoms with Crippen molar-refractivity contribution in [3.05, 3.63) is 44.3 Å². The van der Waals surface area contributed by atoms with Gasteiger partial charge in [-0.2, -0.15) is 0 Å². The predicted octanol–water partition coefficient (Wildman–Crippen LogP) is 4.31. The van der Waals surface area contributed by atoms with Crippen molar-refractivity contribution < 1.29 is 19.1 Å². The second-order valence-electron chi connectivity index (χ2n) is 5.44. The van der Waals surface area contributed by atoms with Gasteiger partial charge in [0.15, 0.2) is 5.69 Å².